The molecule has 24 heavy (non-hydrogen) atoms. The SMILES string of the molecule is CCCCNC(=O)C1CCCN1S(=O)(=O)c1c(C)cc(C)cc1C. The number of amides is 1. The third kappa shape index (κ3) is 3.81. The Morgan fingerprint density at radius 3 is 2.46 bits per heavy atom. The molecular formula is C18H28N2O3S. The summed E-state index contributed by atoms with van der Waals surface area (Å²) in [6.45, 7) is 8.65. The summed E-state index contributed by atoms with van der Waals surface area (Å²) in [4.78, 5) is 12.8. The first-order valence-electron chi connectivity index (χ1n) is 8.66. The van der Waals surface area contributed by atoms with E-state index < -0.39 is 16.1 Å². The number of benzene rings is 1. The van der Waals surface area contributed by atoms with Crippen molar-refractivity contribution in [2.45, 2.75) is 64.3 Å². The minimum atomic E-state index is -3.67. The van der Waals surface area contributed by atoms with E-state index in [9.17, 15) is 13.2 Å². The lowest BCUT2D eigenvalue weighted by molar-refractivity contribution is -0.124. The zero-order chi connectivity index (χ0) is 17.9. The summed E-state index contributed by atoms with van der Waals surface area (Å²) in [5.41, 5.74) is 2.52. The predicted molar refractivity (Wildman–Crippen MR) is 95.5 cm³/mol. The van der Waals surface area contributed by atoms with Crippen molar-refractivity contribution in [1.82, 2.24) is 9.62 Å². The number of carbonyl (C=O) groups excluding carboxylic acids is 1. The Bertz CT molecular complexity index is 690. The van der Waals surface area contributed by atoms with Crippen LogP contribution in [0.5, 0.6) is 0 Å². The van der Waals surface area contributed by atoms with Gasteiger partial charge in [-0.3, -0.25) is 4.79 Å². The van der Waals surface area contributed by atoms with Gasteiger partial charge in [0.2, 0.25) is 15.9 Å². The van der Waals surface area contributed by atoms with Crippen molar-refractivity contribution in [2.75, 3.05) is 13.1 Å². The maximum atomic E-state index is 13.2. The summed E-state index contributed by atoms with van der Waals surface area (Å²) >= 11 is 0. The Hall–Kier alpha value is -1.40. The first-order valence-corrected chi connectivity index (χ1v) is 10.1. The molecule has 1 unspecified atom stereocenters. The molecule has 1 atom stereocenters. The molecule has 0 bridgehead atoms. The van der Waals surface area contributed by atoms with E-state index in [1.807, 2.05) is 32.9 Å². The van der Waals surface area contributed by atoms with Gasteiger partial charge in [-0.05, 0) is 51.2 Å². The van der Waals surface area contributed by atoms with Crippen LogP contribution in [-0.4, -0.2) is 37.8 Å². The first-order chi connectivity index (χ1) is 11.3. The van der Waals surface area contributed by atoms with Gasteiger partial charge in [0.1, 0.15) is 6.04 Å². The van der Waals surface area contributed by atoms with E-state index in [1.54, 1.807) is 0 Å². The molecule has 0 spiro atoms. The molecule has 1 saturated heterocycles. The highest BCUT2D eigenvalue weighted by atomic mass is 32.2. The minimum absolute atomic E-state index is 0.174. The van der Waals surface area contributed by atoms with Crippen LogP contribution in [0.25, 0.3) is 0 Å². The molecule has 1 aromatic rings. The lowest BCUT2D eigenvalue weighted by Crippen LogP contribution is -2.46. The molecule has 134 valence electrons. The predicted octanol–water partition coefficient (Wildman–Crippen LogP) is 2.68. The number of nitrogens with zero attached hydrogens (tertiary/aromatic N) is 1. The van der Waals surface area contributed by atoms with E-state index >= 15 is 0 Å². The van der Waals surface area contributed by atoms with E-state index in [1.165, 1.54) is 4.31 Å². The van der Waals surface area contributed by atoms with Crippen LogP contribution in [0.4, 0.5) is 0 Å². The molecule has 0 aromatic heterocycles. The van der Waals surface area contributed by atoms with Gasteiger partial charge >= 0.3 is 0 Å². The van der Waals surface area contributed by atoms with E-state index in [-0.39, 0.29) is 5.91 Å². The van der Waals surface area contributed by atoms with Gasteiger partial charge in [0.25, 0.3) is 0 Å². The van der Waals surface area contributed by atoms with E-state index in [2.05, 4.69) is 12.2 Å². The molecule has 1 fully saturated rings. The molecule has 1 aromatic carbocycles. The second kappa shape index (κ2) is 7.66. The largest absolute Gasteiger partial charge is 0.355 e. The van der Waals surface area contributed by atoms with Crippen LogP contribution in [0.2, 0.25) is 0 Å². The maximum absolute atomic E-state index is 13.2. The summed E-state index contributed by atoms with van der Waals surface area (Å²) in [6.07, 6.45) is 3.20. The first kappa shape index (κ1) is 18.9. The van der Waals surface area contributed by atoms with Crippen LogP contribution in [0.15, 0.2) is 17.0 Å². The van der Waals surface area contributed by atoms with Crippen LogP contribution in [0.3, 0.4) is 0 Å². The zero-order valence-corrected chi connectivity index (χ0v) is 15.9. The standard InChI is InChI=1S/C18H28N2O3S/c1-5-6-9-19-18(21)16-8-7-10-20(16)24(22,23)17-14(3)11-13(2)12-15(17)4/h11-12,16H,5-10H2,1-4H3,(H,19,21). The molecule has 1 aliphatic rings. The molecular weight excluding hydrogens is 324 g/mol. The number of hydrogen-bond acceptors (Lipinski definition) is 3. The van der Waals surface area contributed by atoms with Crippen molar-refractivity contribution in [2.24, 2.45) is 0 Å². The quantitative estimate of drug-likeness (QED) is 0.801. The highest BCUT2D eigenvalue weighted by Gasteiger charge is 2.40. The van der Waals surface area contributed by atoms with Gasteiger partial charge in [0, 0.05) is 13.1 Å². The summed E-state index contributed by atoms with van der Waals surface area (Å²) in [5.74, 6) is -0.174. The van der Waals surface area contributed by atoms with Crippen molar-refractivity contribution in [3.05, 3.63) is 28.8 Å². The van der Waals surface area contributed by atoms with Crippen LogP contribution in [0.1, 0.15) is 49.3 Å². The van der Waals surface area contributed by atoms with Crippen LogP contribution < -0.4 is 5.32 Å². The molecule has 6 heteroatoms. The number of sulfonamides is 1. The minimum Gasteiger partial charge on any atom is -0.355 e. The Kier molecular flexibility index (Phi) is 6.04. The fraction of sp³-hybridized carbons (Fsp3) is 0.611. The number of hydrogen-bond donors (Lipinski definition) is 1. The number of aryl methyl sites for hydroxylation is 3. The number of rotatable bonds is 6. The van der Waals surface area contributed by atoms with Crippen molar-refractivity contribution in [3.8, 4) is 0 Å². The molecule has 1 aliphatic heterocycles. The summed E-state index contributed by atoms with van der Waals surface area (Å²) in [7, 11) is -3.67. The Morgan fingerprint density at radius 2 is 1.88 bits per heavy atom. The Morgan fingerprint density at radius 1 is 1.25 bits per heavy atom. The molecule has 5 nitrogen and oxygen atoms in total. The zero-order valence-electron chi connectivity index (χ0n) is 15.1. The van der Waals surface area contributed by atoms with Gasteiger partial charge in [-0.25, -0.2) is 8.42 Å². The fourth-order valence-corrected chi connectivity index (χ4v) is 5.56. The van der Waals surface area contributed by atoms with Gasteiger partial charge in [0.15, 0.2) is 0 Å². The second-order valence-electron chi connectivity index (χ2n) is 6.65. The highest BCUT2D eigenvalue weighted by Crippen LogP contribution is 2.30. The number of carbonyl (C=O) groups is 1. The Balaban J connectivity index is 2.30. The van der Waals surface area contributed by atoms with Gasteiger partial charge < -0.3 is 5.32 Å². The fourth-order valence-electron chi connectivity index (χ4n) is 3.49. The lowest BCUT2D eigenvalue weighted by atomic mass is 10.1. The molecule has 1 N–H and O–H groups in total. The lowest BCUT2D eigenvalue weighted by Gasteiger charge is -2.25. The summed E-state index contributed by atoms with van der Waals surface area (Å²) < 4.78 is 27.7. The van der Waals surface area contributed by atoms with Crippen LogP contribution >= 0.6 is 0 Å². The summed E-state index contributed by atoms with van der Waals surface area (Å²) in [5, 5.41) is 2.87. The van der Waals surface area contributed by atoms with Crippen LogP contribution in [0, 0.1) is 20.8 Å². The molecule has 1 heterocycles. The van der Waals surface area contributed by atoms with Gasteiger partial charge in [-0.15, -0.1) is 0 Å². The average molecular weight is 353 g/mol. The molecule has 1 amide bonds. The van der Waals surface area contributed by atoms with E-state index in [4.69, 9.17) is 0 Å². The summed E-state index contributed by atoms with van der Waals surface area (Å²) in [6, 6.07) is 3.17. The normalized spacial score (nSPS) is 18.8. The highest BCUT2D eigenvalue weighted by molar-refractivity contribution is 7.89. The van der Waals surface area contributed by atoms with Crippen LogP contribution in [-0.2, 0) is 14.8 Å². The topological polar surface area (TPSA) is 66.5 Å². The van der Waals surface area contributed by atoms with E-state index in [0.717, 1.165) is 36.0 Å². The van der Waals surface area contributed by atoms with Gasteiger partial charge in [-0.1, -0.05) is 31.0 Å². The number of unbranched alkanes of at least 4 members (excludes halogenated alkanes) is 1. The van der Waals surface area contributed by atoms with Crippen molar-refractivity contribution in [3.63, 3.8) is 0 Å². The molecule has 0 saturated carbocycles. The Labute approximate surface area is 145 Å². The van der Waals surface area contributed by atoms with Gasteiger partial charge in [-0.2, -0.15) is 4.31 Å². The number of nitrogens with one attached hydrogen (secondary N) is 1. The molecule has 0 radical (unpaired) electrons. The van der Waals surface area contributed by atoms with Gasteiger partial charge in [0.05, 0.1) is 4.90 Å². The van der Waals surface area contributed by atoms with Crippen molar-refractivity contribution >= 4 is 15.9 Å². The van der Waals surface area contributed by atoms with E-state index in [0.29, 0.717) is 24.4 Å². The maximum Gasteiger partial charge on any atom is 0.244 e. The molecule has 0 aliphatic carbocycles. The van der Waals surface area contributed by atoms with Crippen molar-refractivity contribution < 1.29 is 13.2 Å². The average Bonchev–Trinajstić information content (AvgIpc) is 2.96. The monoisotopic (exact) mass is 352 g/mol. The molecule has 2 rings (SSSR count). The second-order valence-corrected chi connectivity index (χ2v) is 8.47. The third-order valence-electron chi connectivity index (χ3n) is 4.51. The third-order valence-corrected chi connectivity index (χ3v) is 6.72. The smallest absolute Gasteiger partial charge is 0.244 e. The van der Waals surface area contributed by atoms with Crippen molar-refractivity contribution in [1.29, 1.82) is 0 Å².